The van der Waals surface area contributed by atoms with Gasteiger partial charge in [0.1, 0.15) is 18.2 Å². The summed E-state index contributed by atoms with van der Waals surface area (Å²) in [6.07, 6.45) is 8.52. The summed E-state index contributed by atoms with van der Waals surface area (Å²) in [4.78, 5) is 41.8. The van der Waals surface area contributed by atoms with Gasteiger partial charge in [-0.15, -0.1) is 11.8 Å². The number of nitrogens with one attached hydrogen (secondary N) is 2. The molecule has 0 bridgehead atoms. The summed E-state index contributed by atoms with van der Waals surface area (Å²) in [6.45, 7) is 7.88. The van der Waals surface area contributed by atoms with Crippen molar-refractivity contribution in [3.63, 3.8) is 0 Å². The van der Waals surface area contributed by atoms with Crippen molar-refractivity contribution >= 4 is 29.5 Å². The van der Waals surface area contributed by atoms with Crippen LogP contribution in [0.3, 0.4) is 0 Å². The zero-order valence-electron chi connectivity index (χ0n) is 30.3. The lowest BCUT2D eigenvalue weighted by Crippen LogP contribution is -2.57. The summed E-state index contributed by atoms with van der Waals surface area (Å²) in [5.74, 6) is -1.24. The van der Waals surface area contributed by atoms with E-state index in [1.807, 2.05) is 82.3 Å². The van der Waals surface area contributed by atoms with Crippen LogP contribution in [0.4, 0.5) is 0 Å². The lowest BCUT2D eigenvalue weighted by molar-refractivity contribution is -0.155. The van der Waals surface area contributed by atoms with Crippen LogP contribution >= 0.6 is 11.8 Å². The Hall–Kier alpha value is -3.62. The summed E-state index contributed by atoms with van der Waals surface area (Å²) in [6, 6.07) is 28.1. The molecule has 270 valence electrons. The number of carbonyl (C=O) groups excluding carboxylic acids is 3. The Morgan fingerprint density at radius 2 is 1.18 bits per heavy atom. The molecule has 2 amide bonds. The van der Waals surface area contributed by atoms with Gasteiger partial charge >= 0.3 is 5.97 Å². The smallest absolute Gasteiger partial charge is 0.329 e. The summed E-state index contributed by atoms with van der Waals surface area (Å²) < 4.78 is 5.37. The van der Waals surface area contributed by atoms with Gasteiger partial charge in [-0.25, -0.2) is 4.79 Å². The average molecular weight is 700 g/mol. The quantitative estimate of drug-likeness (QED) is 0.104. The fourth-order valence-electron chi connectivity index (χ4n) is 6.64. The topological polar surface area (TPSA) is 111 Å². The van der Waals surface area contributed by atoms with Crippen molar-refractivity contribution in [3.8, 4) is 0 Å². The third-order valence-corrected chi connectivity index (χ3v) is 11.9. The van der Waals surface area contributed by atoms with Gasteiger partial charge in [-0.05, 0) is 54.2 Å². The molecule has 1 aliphatic carbocycles. The van der Waals surface area contributed by atoms with Gasteiger partial charge < -0.3 is 21.1 Å². The summed E-state index contributed by atoms with van der Waals surface area (Å²) in [5, 5.41) is 6.05. The molecule has 4 rings (SSSR count). The second kappa shape index (κ2) is 19.7. The molecule has 8 heteroatoms. The lowest BCUT2D eigenvalue weighted by Gasteiger charge is -2.37. The Morgan fingerprint density at radius 1 is 0.720 bits per heavy atom. The van der Waals surface area contributed by atoms with E-state index in [1.54, 1.807) is 11.8 Å². The van der Waals surface area contributed by atoms with Crippen LogP contribution in [-0.2, 0) is 23.9 Å². The number of hydrogen-bond acceptors (Lipinski definition) is 6. The number of rotatable bonds is 16. The molecule has 50 heavy (non-hydrogen) atoms. The predicted molar refractivity (Wildman–Crippen MR) is 205 cm³/mol. The number of hydrogen-bond donors (Lipinski definition) is 3. The zero-order valence-corrected chi connectivity index (χ0v) is 31.1. The minimum atomic E-state index is -0.973. The van der Waals surface area contributed by atoms with E-state index < -0.39 is 34.7 Å². The molecule has 5 atom stereocenters. The van der Waals surface area contributed by atoms with E-state index in [1.165, 1.54) is 6.42 Å². The largest absolute Gasteiger partial charge is 0.461 e. The highest BCUT2D eigenvalue weighted by Gasteiger charge is 2.40. The molecule has 4 N–H and O–H groups in total. The molecule has 0 radical (unpaired) electrons. The van der Waals surface area contributed by atoms with Gasteiger partial charge in [0.2, 0.25) is 11.8 Å². The van der Waals surface area contributed by atoms with Crippen molar-refractivity contribution < 1.29 is 19.1 Å². The fraction of sp³-hybridized carbons (Fsp3) is 0.500. The van der Waals surface area contributed by atoms with E-state index in [9.17, 15) is 14.4 Å². The minimum absolute atomic E-state index is 0.0740. The molecule has 3 aromatic rings. The zero-order chi connectivity index (χ0) is 35.9. The van der Waals surface area contributed by atoms with Crippen LogP contribution in [0.5, 0.6) is 0 Å². The molecule has 0 heterocycles. The Labute approximate surface area is 303 Å². The number of amides is 2. The third kappa shape index (κ3) is 10.2. The Kier molecular flexibility index (Phi) is 15.4. The first-order valence-corrected chi connectivity index (χ1v) is 19.6. The minimum Gasteiger partial charge on any atom is -0.461 e. The molecule has 1 fully saturated rings. The molecular formula is C42H57N3O4S. The number of ether oxygens (including phenoxy) is 1. The Balaban J connectivity index is 1.69. The summed E-state index contributed by atoms with van der Waals surface area (Å²) in [5.41, 5.74) is 9.53. The van der Waals surface area contributed by atoms with Crippen LogP contribution in [0.15, 0.2) is 91.0 Å². The van der Waals surface area contributed by atoms with E-state index in [2.05, 4.69) is 47.0 Å². The number of benzene rings is 3. The molecule has 0 aromatic heterocycles. The second-order valence-corrected chi connectivity index (χ2v) is 15.1. The maximum atomic E-state index is 14.4. The molecule has 3 aromatic carbocycles. The summed E-state index contributed by atoms with van der Waals surface area (Å²) >= 11 is 1.58. The van der Waals surface area contributed by atoms with Crippen molar-refractivity contribution in [1.29, 1.82) is 0 Å². The van der Waals surface area contributed by atoms with Crippen LogP contribution in [0, 0.1) is 11.8 Å². The van der Waals surface area contributed by atoms with Gasteiger partial charge in [0.05, 0.1) is 10.8 Å². The monoisotopic (exact) mass is 699 g/mol. The molecule has 1 saturated carbocycles. The normalized spacial score (nSPS) is 17.2. The van der Waals surface area contributed by atoms with Gasteiger partial charge in [-0.3, -0.25) is 9.59 Å². The second-order valence-electron chi connectivity index (χ2n) is 13.8. The maximum absolute atomic E-state index is 14.4. The van der Waals surface area contributed by atoms with E-state index in [4.69, 9.17) is 10.5 Å². The van der Waals surface area contributed by atoms with Gasteiger partial charge in [-0.2, -0.15) is 0 Å². The molecular weight excluding hydrogens is 643 g/mol. The van der Waals surface area contributed by atoms with Crippen molar-refractivity contribution in [2.45, 2.75) is 114 Å². The summed E-state index contributed by atoms with van der Waals surface area (Å²) in [7, 11) is 0. The molecule has 7 nitrogen and oxygen atoms in total. The van der Waals surface area contributed by atoms with E-state index in [0.717, 1.165) is 61.6 Å². The Morgan fingerprint density at radius 3 is 1.64 bits per heavy atom. The van der Waals surface area contributed by atoms with Gasteiger partial charge in [0.25, 0.3) is 0 Å². The number of thioether (sulfide) groups is 1. The molecule has 0 saturated heterocycles. The highest BCUT2D eigenvalue weighted by Crippen LogP contribution is 2.48. The van der Waals surface area contributed by atoms with E-state index in [0.29, 0.717) is 6.42 Å². The molecule has 0 aliphatic heterocycles. The van der Waals surface area contributed by atoms with Crippen LogP contribution in [0.25, 0.3) is 0 Å². The third-order valence-electron chi connectivity index (χ3n) is 10.3. The molecule has 0 spiro atoms. The standard InChI is InChI=1S/C42H57N3O4S/c1-5-30(3)37(43)40(47)44-36(39(46)45-38(31(4)6-2)41(48)49-35-27-19-8-7-9-20-28-35)29-50-42(32-21-13-10-14-22-32,33-23-15-11-16-24-33)34-25-17-12-18-26-34/h10-18,21-26,30-31,35-38H,5-9,19-20,27-29,43H2,1-4H3,(H,44,47)(H,45,46)/t30-,31-,36-,37-,38-/m0/s1. The van der Waals surface area contributed by atoms with Crippen molar-refractivity contribution in [1.82, 2.24) is 10.6 Å². The van der Waals surface area contributed by atoms with E-state index >= 15 is 0 Å². The predicted octanol–water partition coefficient (Wildman–Crippen LogP) is 7.76. The maximum Gasteiger partial charge on any atom is 0.329 e. The van der Waals surface area contributed by atoms with Gasteiger partial charge in [-0.1, -0.05) is 151 Å². The van der Waals surface area contributed by atoms with Crippen LogP contribution in [0.1, 0.15) is 102 Å². The first-order chi connectivity index (χ1) is 24.2. The lowest BCUT2D eigenvalue weighted by atomic mass is 9.84. The van der Waals surface area contributed by atoms with Gasteiger partial charge in [0, 0.05) is 5.75 Å². The van der Waals surface area contributed by atoms with Crippen molar-refractivity contribution in [3.05, 3.63) is 108 Å². The fourth-order valence-corrected chi connectivity index (χ4v) is 8.20. The van der Waals surface area contributed by atoms with Crippen molar-refractivity contribution in [2.75, 3.05) is 5.75 Å². The highest BCUT2D eigenvalue weighted by atomic mass is 32.2. The van der Waals surface area contributed by atoms with Crippen LogP contribution in [-0.4, -0.2) is 47.8 Å². The highest BCUT2D eigenvalue weighted by molar-refractivity contribution is 8.00. The number of carbonyl (C=O) groups is 3. The van der Waals surface area contributed by atoms with E-state index in [-0.39, 0.29) is 29.6 Å². The SMILES string of the molecule is CC[C@H](C)[C@H](N)C(=O)N[C@@H](CSC(c1ccccc1)(c1ccccc1)c1ccccc1)C(=O)N[C@H](C(=O)OC1CCCCCCC1)[C@@H](C)CC. The van der Waals surface area contributed by atoms with Gasteiger partial charge in [0.15, 0.2) is 0 Å². The number of nitrogens with two attached hydrogens (primary N) is 1. The van der Waals surface area contributed by atoms with Crippen LogP contribution in [0.2, 0.25) is 0 Å². The van der Waals surface area contributed by atoms with Crippen molar-refractivity contribution in [2.24, 2.45) is 17.6 Å². The molecule has 1 aliphatic rings. The molecule has 0 unspecified atom stereocenters. The first-order valence-electron chi connectivity index (χ1n) is 18.6. The number of esters is 1. The Bertz CT molecular complexity index is 1370. The first kappa shape index (κ1) is 39.2. The van der Waals surface area contributed by atoms with Crippen LogP contribution < -0.4 is 16.4 Å². The average Bonchev–Trinajstić information content (AvgIpc) is 3.14.